The summed E-state index contributed by atoms with van der Waals surface area (Å²) in [6.45, 7) is 2.93. The molecular weight excluding hydrogens is 454 g/mol. The second-order valence-electron chi connectivity index (χ2n) is 8.05. The number of thiophene rings is 1. The Kier molecular flexibility index (Phi) is 7.33. The van der Waals surface area contributed by atoms with Crippen LogP contribution in [0.4, 0.5) is 0 Å². The minimum atomic E-state index is -1.05. The third-order valence-electron chi connectivity index (χ3n) is 5.07. The number of halogens is 1. The lowest BCUT2D eigenvalue weighted by Crippen LogP contribution is -2.34. The van der Waals surface area contributed by atoms with Gasteiger partial charge in [0.2, 0.25) is 0 Å². The molecule has 3 heterocycles. The van der Waals surface area contributed by atoms with Crippen molar-refractivity contribution < 1.29 is 19.8 Å². The van der Waals surface area contributed by atoms with Gasteiger partial charge >= 0.3 is 5.97 Å². The van der Waals surface area contributed by atoms with E-state index < -0.39 is 11.4 Å². The van der Waals surface area contributed by atoms with Crippen LogP contribution in [-0.4, -0.2) is 43.0 Å². The molecule has 0 aliphatic heterocycles. The van der Waals surface area contributed by atoms with Gasteiger partial charge in [-0.05, 0) is 57.0 Å². The minimum absolute atomic E-state index is 0.0329. The maximum Gasteiger partial charge on any atom is 0.305 e. The van der Waals surface area contributed by atoms with Crippen molar-refractivity contribution in [2.24, 2.45) is 5.41 Å². The van der Waals surface area contributed by atoms with Gasteiger partial charge in [-0.15, -0.1) is 11.3 Å². The van der Waals surface area contributed by atoms with Crippen LogP contribution in [0.25, 0.3) is 11.3 Å². The Morgan fingerprint density at radius 1 is 1.22 bits per heavy atom. The smallest absolute Gasteiger partial charge is 0.305 e. The molecule has 0 saturated heterocycles. The Hall–Kier alpha value is -2.75. The Balaban J connectivity index is 2.00. The zero-order valence-electron chi connectivity index (χ0n) is 17.7. The van der Waals surface area contributed by atoms with E-state index in [1.54, 1.807) is 32.0 Å². The maximum atomic E-state index is 13.1. The summed E-state index contributed by atoms with van der Waals surface area (Å²) in [5.41, 5.74) is -0.240. The highest BCUT2D eigenvalue weighted by Gasteiger charge is 2.31. The predicted octanol–water partition coefficient (Wildman–Crippen LogP) is 3.35. The number of hydrogen-bond acceptors (Lipinski definition) is 6. The Labute approximate surface area is 193 Å². The predicted molar refractivity (Wildman–Crippen MR) is 122 cm³/mol. The molecule has 0 fully saturated rings. The molecule has 0 atom stereocenters. The van der Waals surface area contributed by atoms with Crippen molar-refractivity contribution in [1.29, 1.82) is 0 Å². The number of carbonyl (C=O) groups excluding carboxylic acids is 1. The first-order valence-corrected chi connectivity index (χ1v) is 11.2. The average Bonchev–Trinajstić information content (AvgIpc) is 3.36. The fraction of sp³-hybridized carbons (Fsp3) is 0.364. The van der Waals surface area contributed by atoms with E-state index in [1.807, 2.05) is 12.1 Å². The van der Waals surface area contributed by atoms with Crippen LogP contribution in [-0.2, 0) is 24.2 Å². The van der Waals surface area contributed by atoms with Gasteiger partial charge in [-0.2, -0.15) is 5.10 Å². The largest absolute Gasteiger partial charge is 0.481 e. The molecule has 0 radical (unpaired) electrons. The number of carboxylic acid groups (broad SMARTS) is 1. The lowest BCUT2D eigenvalue weighted by atomic mass is 9.93. The molecule has 0 aromatic carbocycles. The number of rotatable bonds is 9. The van der Waals surface area contributed by atoms with Gasteiger partial charge in [0, 0.05) is 23.3 Å². The highest BCUT2D eigenvalue weighted by Crippen LogP contribution is 2.25. The second kappa shape index (κ2) is 9.81. The molecular formula is C22H24ClN3O5S. The SMILES string of the molecule is CC(C)(CO)C(=O)n1nc(-c2cccn(CCC(=O)O)c2=O)cc1CCc1ccc(Cl)s1. The van der Waals surface area contributed by atoms with E-state index in [0.717, 1.165) is 4.88 Å². The molecule has 3 rings (SSSR count). The van der Waals surface area contributed by atoms with Crippen LogP contribution < -0.4 is 5.56 Å². The van der Waals surface area contributed by atoms with Gasteiger partial charge < -0.3 is 14.8 Å². The van der Waals surface area contributed by atoms with Crippen molar-refractivity contribution in [1.82, 2.24) is 14.3 Å². The van der Waals surface area contributed by atoms with Crippen molar-refractivity contribution in [3.8, 4) is 11.3 Å². The van der Waals surface area contributed by atoms with E-state index >= 15 is 0 Å². The van der Waals surface area contributed by atoms with Gasteiger partial charge in [-0.1, -0.05) is 11.6 Å². The van der Waals surface area contributed by atoms with Gasteiger partial charge in [-0.25, -0.2) is 4.68 Å². The molecule has 170 valence electrons. The molecule has 0 saturated carbocycles. The van der Waals surface area contributed by atoms with Crippen molar-refractivity contribution in [2.75, 3.05) is 6.61 Å². The number of carboxylic acids is 1. The Morgan fingerprint density at radius 2 is 1.97 bits per heavy atom. The van der Waals surface area contributed by atoms with Gasteiger partial charge in [-0.3, -0.25) is 14.4 Å². The lowest BCUT2D eigenvalue weighted by molar-refractivity contribution is -0.137. The zero-order valence-corrected chi connectivity index (χ0v) is 19.3. The van der Waals surface area contributed by atoms with Crippen LogP contribution in [0, 0.1) is 5.41 Å². The minimum Gasteiger partial charge on any atom is -0.481 e. The number of aliphatic hydroxyl groups excluding tert-OH is 1. The van der Waals surface area contributed by atoms with Gasteiger partial charge in [0.15, 0.2) is 0 Å². The topological polar surface area (TPSA) is 114 Å². The van der Waals surface area contributed by atoms with E-state index in [4.69, 9.17) is 16.7 Å². The maximum absolute atomic E-state index is 13.1. The molecule has 3 aromatic heterocycles. The molecule has 32 heavy (non-hydrogen) atoms. The molecule has 0 unspecified atom stereocenters. The van der Waals surface area contributed by atoms with Crippen molar-refractivity contribution in [3.63, 3.8) is 0 Å². The van der Waals surface area contributed by atoms with E-state index in [9.17, 15) is 19.5 Å². The summed E-state index contributed by atoms with van der Waals surface area (Å²) in [7, 11) is 0. The molecule has 0 bridgehead atoms. The van der Waals surface area contributed by atoms with Gasteiger partial charge in [0.25, 0.3) is 11.5 Å². The highest BCUT2D eigenvalue weighted by atomic mass is 35.5. The summed E-state index contributed by atoms with van der Waals surface area (Å²) in [5.74, 6) is -1.38. The quantitative estimate of drug-likeness (QED) is 0.488. The summed E-state index contributed by atoms with van der Waals surface area (Å²) < 4.78 is 3.25. The Morgan fingerprint density at radius 3 is 2.59 bits per heavy atom. The van der Waals surface area contributed by atoms with Crippen LogP contribution >= 0.6 is 22.9 Å². The van der Waals surface area contributed by atoms with Crippen molar-refractivity contribution in [3.05, 3.63) is 61.8 Å². The second-order valence-corrected chi connectivity index (χ2v) is 9.85. The van der Waals surface area contributed by atoms with Crippen LogP contribution in [0.2, 0.25) is 4.34 Å². The summed E-state index contributed by atoms with van der Waals surface area (Å²) in [5, 5.41) is 23.0. The monoisotopic (exact) mass is 477 g/mol. The molecule has 3 aromatic rings. The van der Waals surface area contributed by atoms with E-state index in [2.05, 4.69) is 5.10 Å². The van der Waals surface area contributed by atoms with Crippen LogP contribution in [0.15, 0.2) is 41.3 Å². The first-order valence-electron chi connectivity index (χ1n) is 10.0. The van der Waals surface area contributed by atoms with Crippen LogP contribution in [0.3, 0.4) is 0 Å². The number of aromatic nitrogens is 3. The highest BCUT2D eigenvalue weighted by molar-refractivity contribution is 7.16. The first-order chi connectivity index (χ1) is 15.1. The average molecular weight is 478 g/mol. The summed E-state index contributed by atoms with van der Waals surface area (Å²) >= 11 is 7.47. The van der Waals surface area contributed by atoms with Crippen molar-refractivity contribution >= 4 is 34.8 Å². The molecule has 10 heteroatoms. The molecule has 0 aliphatic rings. The molecule has 8 nitrogen and oxygen atoms in total. The van der Waals surface area contributed by atoms with Crippen LogP contribution in [0.1, 0.15) is 35.6 Å². The zero-order chi connectivity index (χ0) is 23.5. The fourth-order valence-electron chi connectivity index (χ4n) is 3.12. The standard InChI is InChI=1S/C22H24ClN3O5S/c1-22(2,13-27)21(31)26-14(5-6-15-7-8-18(23)32-15)12-17(24-26)16-4-3-10-25(20(16)30)11-9-19(28)29/h3-4,7-8,10,12,27H,5-6,9,11,13H2,1-2H3,(H,28,29). The van der Waals surface area contributed by atoms with Gasteiger partial charge in [0.05, 0.1) is 34.0 Å². The third-order valence-corrected chi connectivity index (χ3v) is 6.36. The molecule has 2 N–H and O–H groups in total. The van der Waals surface area contributed by atoms with E-state index in [1.165, 1.54) is 26.8 Å². The third kappa shape index (κ3) is 5.35. The van der Waals surface area contributed by atoms with E-state index in [0.29, 0.717) is 28.6 Å². The number of aliphatic carboxylic acids is 1. The number of pyridine rings is 1. The number of aliphatic hydroxyl groups is 1. The normalized spacial score (nSPS) is 11.6. The summed E-state index contributed by atoms with van der Waals surface area (Å²) in [6, 6.07) is 8.67. The lowest BCUT2D eigenvalue weighted by Gasteiger charge is -2.20. The van der Waals surface area contributed by atoms with E-state index in [-0.39, 0.29) is 36.6 Å². The fourth-order valence-corrected chi connectivity index (χ4v) is 4.21. The Bertz CT molecular complexity index is 1190. The molecule has 0 amide bonds. The number of nitrogens with zero attached hydrogens (tertiary/aromatic N) is 3. The number of aryl methyl sites for hydroxylation is 3. The number of hydrogen-bond donors (Lipinski definition) is 2. The number of carbonyl (C=O) groups is 2. The molecule has 0 spiro atoms. The summed E-state index contributed by atoms with van der Waals surface area (Å²) in [6.07, 6.45) is 2.45. The molecule has 0 aliphatic carbocycles. The summed E-state index contributed by atoms with van der Waals surface area (Å²) in [4.78, 5) is 37.9. The van der Waals surface area contributed by atoms with Crippen LogP contribution in [0.5, 0.6) is 0 Å². The van der Waals surface area contributed by atoms with Gasteiger partial charge in [0.1, 0.15) is 0 Å². The first kappa shape index (κ1) is 23.9. The van der Waals surface area contributed by atoms with Crippen molar-refractivity contribution in [2.45, 2.75) is 39.7 Å².